The van der Waals surface area contributed by atoms with Gasteiger partial charge in [0.1, 0.15) is 0 Å². The average molecular weight is 231 g/mol. The van der Waals surface area contributed by atoms with Gasteiger partial charge in [0.2, 0.25) is 0 Å². The van der Waals surface area contributed by atoms with Crippen LogP contribution >= 0.6 is 0 Å². The number of carbonyl (C=O) groups excluding carboxylic acids is 1. The largest absolute Gasteiger partial charge is 0.371 e. The highest BCUT2D eigenvalue weighted by molar-refractivity contribution is 5.92. The molecule has 0 aromatic heterocycles. The van der Waals surface area contributed by atoms with E-state index in [1.165, 1.54) is 24.9 Å². The summed E-state index contributed by atoms with van der Waals surface area (Å²) in [6.07, 6.45) is 3.87. The molecule has 3 rings (SSSR count). The maximum absolute atomic E-state index is 11.3. The zero-order valence-electron chi connectivity index (χ0n) is 9.83. The first-order chi connectivity index (χ1) is 8.33. The molecule has 4 nitrogen and oxygen atoms in total. The van der Waals surface area contributed by atoms with Gasteiger partial charge in [-0.05, 0) is 37.0 Å². The van der Waals surface area contributed by atoms with Crippen molar-refractivity contribution < 1.29 is 4.79 Å². The predicted octanol–water partition coefficient (Wildman–Crippen LogP) is 2.31. The van der Waals surface area contributed by atoms with Crippen LogP contribution in [0.4, 0.5) is 16.2 Å². The monoisotopic (exact) mass is 231 g/mol. The Labute approximate surface area is 101 Å². The van der Waals surface area contributed by atoms with E-state index in [9.17, 15) is 4.79 Å². The molecule has 0 bridgehead atoms. The number of hydrogen-bond donors (Lipinski definition) is 2. The van der Waals surface area contributed by atoms with E-state index in [0.717, 1.165) is 24.3 Å². The van der Waals surface area contributed by atoms with E-state index >= 15 is 0 Å². The molecule has 4 heteroatoms. The number of hydrogen-bond acceptors (Lipinski definition) is 2. The number of rotatable bonds is 1. The Morgan fingerprint density at radius 3 is 2.76 bits per heavy atom. The van der Waals surface area contributed by atoms with E-state index in [1.807, 2.05) is 0 Å². The standard InChI is InChI=1S/C13H17N3O/c17-13-14-9-10-4-5-11(8-12(10)15-13)16-6-2-1-3-7-16/h4-5,8H,1-3,6-7,9H2,(H2,14,15,17). The van der Waals surface area contributed by atoms with E-state index in [4.69, 9.17) is 0 Å². The third kappa shape index (κ3) is 2.07. The number of nitrogens with zero attached hydrogens (tertiary/aromatic N) is 1. The number of urea groups is 1. The van der Waals surface area contributed by atoms with Gasteiger partial charge < -0.3 is 15.5 Å². The normalized spacial score (nSPS) is 19.3. The molecule has 1 saturated heterocycles. The Kier molecular flexibility index (Phi) is 2.63. The Morgan fingerprint density at radius 2 is 1.94 bits per heavy atom. The first kappa shape index (κ1) is 10.4. The number of anilines is 2. The van der Waals surface area contributed by atoms with Crippen LogP contribution in [0.15, 0.2) is 18.2 Å². The quantitative estimate of drug-likeness (QED) is 0.779. The van der Waals surface area contributed by atoms with Gasteiger partial charge >= 0.3 is 6.03 Å². The van der Waals surface area contributed by atoms with Crippen molar-refractivity contribution in [2.75, 3.05) is 23.3 Å². The molecule has 2 N–H and O–H groups in total. The second-order valence-corrected chi connectivity index (χ2v) is 4.70. The summed E-state index contributed by atoms with van der Waals surface area (Å²) in [7, 11) is 0. The highest BCUT2D eigenvalue weighted by Crippen LogP contribution is 2.27. The van der Waals surface area contributed by atoms with Crippen LogP contribution in [0.25, 0.3) is 0 Å². The lowest BCUT2D eigenvalue weighted by Crippen LogP contribution is -2.34. The van der Waals surface area contributed by atoms with Gasteiger partial charge in [-0.3, -0.25) is 0 Å². The Morgan fingerprint density at radius 1 is 1.12 bits per heavy atom. The summed E-state index contributed by atoms with van der Waals surface area (Å²) >= 11 is 0. The molecule has 2 heterocycles. The van der Waals surface area contributed by atoms with Crippen LogP contribution in [0, 0.1) is 0 Å². The van der Waals surface area contributed by atoms with Crippen LogP contribution in [0.5, 0.6) is 0 Å². The van der Waals surface area contributed by atoms with Crippen molar-refractivity contribution in [2.45, 2.75) is 25.8 Å². The zero-order chi connectivity index (χ0) is 11.7. The molecule has 0 aliphatic carbocycles. The highest BCUT2D eigenvalue weighted by Gasteiger charge is 2.16. The summed E-state index contributed by atoms with van der Waals surface area (Å²) in [6.45, 7) is 2.89. The summed E-state index contributed by atoms with van der Waals surface area (Å²) < 4.78 is 0. The number of carbonyl (C=O) groups is 1. The van der Waals surface area contributed by atoms with E-state index < -0.39 is 0 Å². The lowest BCUT2D eigenvalue weighted by Gasteiger charge is -2.30. The van der Waals surface area contributed by atoms with E-state index in [0.29, 0.717) is 6.54 Å². The van der Waals surface area contributed by atoms with Crippen molar-refractivity contribution in [1.82, 2.24) is 5.32 Å². The fourth-order valence-corrected chi connectivity index (χ4v) is 2.53. The van der Waals surface area contributed by atoms with Gasteiger partial charge in [0.05, 0.1) is 0 Å². The molecule has 2 amide bonds. The van der Waals surface area contributed by atoms with Gasteiger partial charge in [0.15, 0.2) is 0 Å². The number of nitrogens with one attached hydrogen (secondary N) is 2. The van der Waals surface area contributed by atoms with Crippen molar-refractivity contribution in [2.24, 2.45) is 0 Å². The molecule has 17 heavy (non-hydrogen) atoms. The molecular weight excluding hydrogens is 214 g/mol. The number of benzene rings is 1. The topological polar surface area (TPSA) is 44.4 Å². The molecule has 0 saturated carbocycles. The van der Waals surface area contributed by atoms with Crippen LogP contribution in [0.2, 0.25) is 0 Å². The second kappa shape index (κ2) is 4.28. The summed E-state index contributed by atoms with van der Waals surface area (Å²) in [4.78, 5) is 13.7. The van der Waals surface area contributed by atoms with Crippen molar-refractivity contribution in [3.05, 3.63) is 23.8 Å². The van der Waals surface area contributed by atoms with Crippen LogP contribution < -0.4 is 15.5 Å². The van der Waals surface area contributed by atoms with Gasteiger partial charge in [-0.15, -0.1) is 0 Å². The second-order valence-electron chi connectivity index (χ2n) is 4.70. The Hall–Kier alpha value is -1.71. The minimum absolute atomic E-state index is 0.103. The third-order valence-corrected chi connectivity index (χ3v) is 3.50. The third-order valence-electron chi connectivity index (χ3n) is 3.50. The van der Waals surface area contributed by atoms with Crippen LogP contribution in [-0.2, 0) is 6.54 Å². The molecule has 2 aliphatic rings. The molecule has 90 valence electrons. The van der Waals surface area contributed by atoms with Crippen LogP contribution in [0.1, 0.15) is 24.8 Å². The summed E-state index contributed by atoms with van der Waals surface area (Å²) in [5.41, 5.74) is 3.34. The first-order valence-corrected chi connectivity index (χ1v) is 6.26. The minimum Gasteiger partial charge on any atom is -0.371 e. The Balaban J connectivity index is 1.86. The fourth-order valence-electron chi connectivity index (χ4n) is 2.53. The number of fused-ring (bicyclic) bond motifs is 1. The lowest BCUT2D eigenvalue weighted by atomic mass is 10.1. The van der Waals surface area contributed by atoms with E-state index in [-0.39, 0.29) is 6.03 Å². The van der Waals surface area contributed by atoms with Gasteiger partial charge in [-0.2, -0.15) is 0 Å². The molecule has 0 atom stereocenters. The van der Waals surface area contributed by atoms with E-state index in [1.54, 1.807) is 0 Å². The Bertz CT molecular complexity index is 438. The van der Waals surface area contributed by atoms with Gasteiger partial charge in [-0.1, -0.05) is 6.07 Å². The van der Waals surface area contributed by atoms with Crippen molar-refractivity contribution in [3.8, 4) is 0 Å². The average Bonchev–Trinajstić information content (AvgIpc) is 2.39. The zero-order valence-corrected chi connectivity index (χ0v) is 9.83. The lowest BCUT2D eigenvalue weighted by molar-refractivity contribution is 0.251. The molecular formula is C13H17N3O. The van der Waals surface area contributed by atoms with Crippen LogP contribution in [0.3, 0.4) is 0 Å². The van der Waals surface area contributed by atoms with Crippen molar-refractivity contribution in [1.29, 1.82) is 0 Å². The SMILES string of the molecule is O=C1NCc2ccc(N3CCCCC3)cc2N1. The number of amides is 2. The molecule has 2 aliphatic heterocycles. The fraction of sp³-hybridized carbons (Fsp3) is 0.462. The van der Waals surface area contributed by atoms with Crippen molar-refractivity contribution >= 4 is 17.4 Å². The molecule has 1 fully saturated rings. The van der Waals surface area contributed by atoms with Crippen molar-refractivity contribution in [3.63, 3.8) is 0 Å². The van der Waals surface area contributed by atoms with E-state index in [2.05, 4.69) is 33.7 Å². The molecule has 0 radical (unpaired) electrons. The van der Waals surface area contributed by atoms with Gasteiger partial charge in [0.25, 0.3) is 0 Å². The molecule has 1 aromatic rings. The molecule has 0 unspecified atom stereocenters. The molecule has 1 aromatic carbocycles. The van der Waals surface area contributed by atoms with Crippen LogP contribution in [-0.4, -0.2) is 19.1 Å². The maximum Gasteiger partial charge on any atom is 0.319 e. The van der Waals surface area contributed by atoms with Gasteiger partial charge in [0, 0.05) is 31.0 Å². The summed E-state index contributed by atoms with van der Waals surface area (Å²) in [5, 5.41) is 5.64. The minimum atomic E-state index is -0.103. The highest BCUT2D eigenvalue weighted by atomic mass is 16.2. The van der Waals surface area contributed by atoms with Gasteiger partial charge in [-0.25, -0.2) is 4.79 Å². The maximum atomic E-state index is 11.3. The summed E-state index contributed by atoms with van der Waals surface area (Å²) in [5.74, 6) is 0. The first-order valence-electron chi connectivity index (χ1n) is 6.26. The smallest absolute Gasteiger partial charge is 0.319 e. The number of piperidine rings is 1. The predicted molar refractivity (Wildman–Crippen MR) is 68.4 cm³/mol. The summed E-state index contributed by atoms with van der Waals surface area (Å²) in [6, 6.07) is 6.25. The molecule has 0 spiro atoms.